The molecule has 0 atom stereocenters. The number of amides is 4. The van der Waals surface area contributed by atoms with E-state index in [2.05, 4.69) is 5.32 Å². The Bertz CT molecular complexity index is 1000. The highest BCUT2D eigenvalue weighted by Gasteiger charge is 2.33. The topological polar surface area (TPSA) is 110 Å². The summed E-state index contributed by atoms with van der Waals surface area (Å²) in [6.07, 6.45) is 0. The minimum Gasteiger partial charge on any atom is -0.366 e. The Kier molecular flexibility index (Phi) is 4.03. The highest BCUT2D eigenvalue weighted by atomic mass is 19.1. The number of nitrogens with zero attached hydrogens (tertiary/aromatic N) is 1. The summed E-state index contributed by atoms with van der Waals surface area (Å²) in [7, 11) is 1.35. The summed E-state index contributed by atoms with van der Waals surface area (Å²) in [5, 5.41) is 2.49. The number of rotatable bonds is 3. The largest absolute Gasteiger partial charge is 0.366 e. The van der Waals surface area contributed by atoms with Crippen LogP contribution in [0.4, 0.5) is 10.1 Å². The van der Waals surface area contributed by atoms with Gasteiger partial charge in [0.25, 0.3) is 17.7 Å². The van der Waals surface area contributed by atoms with E-state index in [0.717, 1.165) is 11.0 Å². The summed E-state index contributed by atoms with van der Waals surface area (Å²) < 4.78 is 13.9. The van der Waals surface area contributed by atoms with E-state index in [9.17, 15) is 23.6 Å². The van der Waals surface area contributed by atoms with Gasteiger partial charge in [0.05, 0.1) is 11.1 Å². The van der Waals surface area contributed by atoms with Gasteiger partial charge in [0.15, 0.2) is 0 Å². The highest BCUT2D eigenvalue weighted by molar-refractivity contribution is 6.22. The number of nitrogens with two attached hydrogens (primary N) is 1. The number of nitrogens with one attached hydrogen (secondary N) is 1. The third-order valence-corrected chi connectivity index (χ3v) is 4.23. The van der Waals surface area contributed by atoms with Crippen molar-refractivity contribution in [1.29, 1.82) is 0 Å². The van der Waals surface area contributed by atoms with E-state index in [-0.39, 0.29) is 33.5 Å². The van der Waals surface area contributed by atoms with Crippen LogP contribution in [0.2, 0.25) is 0 Å². The molecule has 0 aliphatic carbocycles. The normalized spacial score (nSPS) is 13.0. The SMILES string of the molecule is Cc1c(F)cc(C(N)=O)cc1NC(=O)c1ccc2c(c1)C(=O)N(C)C2=O. The lowest BCUT2D eigenvalue weighted by Gasteiger charge is -2.11. The van der Waals surface area contributed by atoms with Crippen LogP contribution in [-0.4, -0.2) is 35.6 Å². The molecule has 0 bridgehead atoms. The number of benzene rings is 2. The summed E-state index contributed by atoms with van der Waals surface area (Å²) in [4.78, 5) is 48.6. The maximum Gasteiger partial charge on any atom is 0.261 e. The van der Waals surface area contributed by atoms with E-state index in [0.29, 0.717) is 0 Å². The maximum absolute atomic E-state index is 13.9. The minimum absolute atomic E-state index is 0.0836. The molecule has 0 aromatic heterocycles. The lowest BCUT2D eigenvalue weighted by molar-refractivity contribution is 0.0692. The molecule has 1 heterocycles. The van der Waals surface area contributed by atoms with Gasteiger partial charge in [-0.15, -0.1) is 0 Å². The Morgan fingerprint density at radius 3 is 2.35 bits per heavy atom. The van der Waals surface area contributed by atoms with Gasteiger partial charge in [-0.2, -0.15) is 0 Å². The first-order valence-electron chi connectivity index (χ1n) is 7.58. The lowest BCUT2D eigenvalue weighted by Crippen LogP contribution is -2.24. The number of primary amides is 1. The maximum atomic E-state index is 13.9. The van der Waals surface area contributed by atoms with Crippen LogP contribution in [0.5, 0.6) is 0 Å². The van der Waals surface area contributed by atoms with Gasteiger partial charge < -0.3 is 11.1 Å². The zero-order valence-electron chi connectivity index (χ0n) is 13.9. The number of imide groups is 1. The molecule has 1 aliphatic heterocycles. The van der Waals surface area contributed by atoms with Crippen molar-refractivity contribution in [3.63, 3.8) is 0 Å². The van der Waals surface area contributed by atoms with E-state index in [1.165, 1.54) is 38.2 Å². The van der Waals surface area contributed by atoms with E-state index < -0.39 is 29.4 Å². The van der Waals surface area contributed by atoms with Gasteiger partial charge >= 0.3 is 0 Å². The van der Waals surface area contributed by atoms with E-state index in [1.54, 1.807) is 0 Å². The van der Waals surface area contributed by atoms with Crippen molar-refractivity contribution >= 4 is 29.3 Å². The Labute approximate surface area is 147 Å². The van der Waals surface area contributed by atoms with Crippen LogP contribution in [0.1, 0.15) is 47.0 Å². The van der Waals surface area contributed by atoms with Gasteiger partial charge in [-0.3, -0.25) is 24.1 Å². The summed E-state index contributed by atoms with van der Waals surface area (Å²) >= 11 is 0. The molecular formula is C18H14FN3O4. The van der Waals surface area contributed by atoms with Gasteiger partial charge in [0.1, 0.15) is 5.82 Å². The van der Waals surface area contributed by atoms with Crippen LogP contribution < -0.4 is 11.1 Å². The molecule has 0 unspecified atom stereocenters. The van der Waals surface area contributed by atoms with Crippen LogP contribution in [0.25, 0.3) is 0 Å². The monoisotopic (exact) mass is 355 g/mol. The first kappa shape index (κ1) is 17.3. The van der Waals surface area contributed by atoms with Gasteiger partial charge in [0, 0.05) is 29.4 Å². The quantitative estimate of drug-likeness (QED) is 0.817. The summed E-state index contributed by atoms with van der Waals surface area (Å²) in [6, 6.07) is 6.35. The number of carbonyl (C=O) groups is 4. The van der Waals surface area contributed by atoms with Crippen molar-refractivity contribution in [3.05, 3.63) is 64.0 Å². The van der Waals surface area contributed by atoms with Crippen LogP contribution in [0.15, 0.2) is 30.3 Å². The van der Waals surface area contributed by atoms with E-state index >= 15 is 0 Å². The lowest BCUT2D eigenvalue weighted by atomic mass is 10.0. The Hall–Kier alpha value is -3.55. The molecular weight excluding hydrogens is 341 g/mol. The third kappa shape index (κ3) is 2.71. The number of hydrogen-bond acceptors (Lipinski definition) is 4. The van der Waals surface area contributed by atoms with Gasteiger partial charge in [-0.1, -0.05) is 0 Å². The molecule has 26 heavy (non-hydrogen) atoms. The van der Waals surface area contributed by atoms with Crippen LogP contribution in [0, 0.1) is 12.7 Å². The summed E-state index contributed by atoms with van der Waals surface area (Å²) in [5.41, 5.74) is 5.75. The van der Waals surface area contributed by atoms with Crippen molar-refractivity contribution in [2.24, 2.45) is 5.73 Å². The zero-order chi connectivity index (χ0) is 19.2. The zero-order valence-corrected chi connectivity index (χ0v) is 13.9. The van der Waals surface area contributed by atoms with Gasteiger partial charge in [-0.05, 0) is 37.3 Å². The highest BCUT2D eigenvalue weighted by Crippen LogP contribution is 2.25. The molecule has 4 amide bonds. The molecule has 3 N–H and O–H groups in total. The molecule has 2 aromatic carbocycles. The van der Waals surface area contributed by atoms with Crippen LogP contribution >= 0.6 is 0 Å². The standard InChI is InChI=1S/C18H14FN3O4/c1-8-13(19)6-10(15(20)23)7-14(8)21-16(24)9-3-4-11-12(5-9)18(26)22(2)17(11)25/h3-7H,1-2H3,(H2,20,23)(H,21,24). The fourth-order valence-corrected chi connectivity index (χ4v) is 2.65. The molecule has 132 valence electrons. The second kappa shape index (κ2) is 6.07. The summed E-state index contributed by atoms with van der Waals surface area (Å²) in [6.45, 7) is 1.44. The fourth-order valence-electron chi connectivity index (χ4n) is 2.65. The Morgan fingerprint density at radius 2 is 1.69 bits per heavy atom. The first-order valence-corrected chi connectivity index (χ1v) is 7.58. The molecule has 0 spiro atoms. The Balaban J connectivity index is 1.94. The third-order valence-electron chi connectivity index (χ3n) is 4.23. The molecule has 1 aliphatic rings. The fraction of sp³-hybridized carbons (Fsp3) is 0.111. The number of anilines is 1. The number of halogens is 1. The average molecular weight is 355 g/mol. The molecule has 0 radical (unpaired) electrons. The van der Waals surface area contributed by atoms with E-state index in [4.69, 9.17) is 5.73 Å². The Morgan fingerprint density at radius 1 is 1.04 bits per heavy atom. The number of hydrogen-bond donors (Lipinski definition) is 2. The van der Waals surface area contributed by atoms with Gasteiger partial charge in [0.2, 0.25) is 5.91 Å². The smallest absolute Gasteiger partial charge is 0.261 e. The molecule has 0 fully saturated rings. The van der Waals surface area contributed by atoms with Crippen molar-refractivity contribution < 1.29 is 23.6 Å². The van der Waals surface area contributed by atoms with Crippen LogP contribution in [-0.2, 0) is 0 Å². The second-order valence-corrected chi connectivity index (χ2v) is 5.88. The minimum atomic E-state index is -0.830. The van der Waals surface area contributed by atoms with Crippen LogP contribution in [0.3, 0.4) is 0 Å². The summed E-state index contributed by atoms with van der Waals surface area (Å²) in [5.74, 6) is -3.08. The number of fused-ring (bicyclic) bond motifs is 1. The van der Waals surface area contributed by atoms with Crippen molar-refractivity contribution in [2.45, 2.75) is 6.92 Å². The molecule has 0 saturated heterocycles. The molecule has 2 aromatic rings. The first-order chi connectivity index (χ1) is 12.2. The van der Waals surface area contributed by atoms with E-state index in [1.807, 2.05) is 0 Å². The van der Waals surface area contributed by atoms with Crippen molar-refractivity contribution in [1.82, 2.24) is 4.90 Å². The molecule has 3 rings (SSSR count). The molecule has 8 heteroatoms. The average Bonchev–Trinajstić information content (AvgIpc) is 2.82. The van der Waals surface area contributed by atoms with Crippen molar-refractivity contribution in [3.8, 4) is 0 Å². The predicted octanol–water partition coefficient (Wildman–Crippen LogP) is 1.71. The molecule has 0 saturated carbocycles. The van der Waals surface area contributed by atoms with Crippen molar-refractivity contribution in [2.75, 3.05) is 12.4 Å². The second-order valence-electron chi connectivity index (χ2n) is 5.88. The number of carbonyl (C=O) groups excluding carboxylic acids is 4. The van der Waals surface area contributed by atoms with Gasteiger partial charge in [-0.25, -0.2) is 4.39 Å². The predicted molar refractivity (Wildman–Crippen MR) is 90.5 cm³/mol. The molecule has 7 nitrogen and oxygen atoms in total.